The van der Waals surface area contributed by atoms with Crippen LogP contribution in [0.1, 0.15) is 43.9 Å². The lowest BCUT2D eigenvalue weighted by Crippen LogP contribution is -2.39. The molecule has 1 aliphatic carbocycles. The molecule has 0 aromatic heterocycles. The summed E-state index contributed by atoms with van der Waals surface area (Å²) in [4.78, 5) is 0. The number of hydrogen-bond acceptors (Lipinski definition) is 4. The van der Waals surface area contributed by atoms with Crippen molar-refractivity contribution in [2.45, 2.75) is 44.4 Å². The van der Waals surface area contributed by atoms with E-state index in [1.54, 1.807) is 7.11 Å². The molecule has 3 atom stereocenters. The van der Waals surface area contributed by atoms with Crippen molar-refractivity contribution in [3.63, 3.8) is 0 Å². The molecule has 0 saturated carbocycles. The lowest BCUT2D eigenvalue weighted by Gasteiger charge is -2.31. The highest BCUT2D eigenvalue weighted by atomic mass is 32.2. The molecule has 2 N–H and O–H groups in total. The van der Waals surface area contributed by atoms with Gasteiger partial charge in [-0.3, -0.25) is 0 Å². The van der Waals surface area contributed by atoms with E-state index in [0.717, 1.165) is 29.7 Å². The van der Waals surface area contributed by atoms with E-state index < -0.39 is 21.1 Å². The Hall–Kier alpha value is -1.07. The van der Waals surface area contributed by atoms with E-state index >= 15 is 0 Å². The number of rotatable bonds is 5. The largest absolute Gasteiger partial charge is 0.497 e. The Morgan fingerprint density at radius 1 is 1.43 bits per heavy atom. The Bertz CT molecular complexity index is 598. The number of benzene rings is 1. The molecule has 5 heteroatoms. The fourth-order valence-electron chi connectivity index (χ4n) is 2.96. The Balaban J connectivity index is 2.29. The summed E-state index contributed by atoms with van der Waals surface area (Å²) < 4.78 is 30.5. The summed E-state index contributed by atoms with van der Waals surface area (Å²) in [6, 6.07) is 5.31. The maximum Gasteiger partial charge on any atom is 0.155 e. The molecule has 0 saturated heterocycles. The average Bonchev–Trinajstić information content (AvgIpc) is 2.46. The first-order valence-electron chi connectivity index (χ1n) is 7.53. The predicted octanol–water partition coefficient (Wildman–Crippen LogP) is 2.47. The summed E-state index contributed by atoms with van der Waals surface area (Å²) in [5.74, 6) is 1.12. The van der Waals surface area contributed by atoms with Gasteiger partial charge in [0.25, 0.3) is 0 Å². The number of sulfone groups is 1. The third-order valence-corrected chi connectivity index (χ3v) is 6.97. The SMILES string of the molecule is CCC(C)CS(=O)(=O)C1CCc2ccc(OC)cc2C1N. The Morgan fingerprint density at radius 3 is 2.76 bits per heavy atom. The van der Waals surface area contributed by atoms with Crippen LogP contribution in [0.25, 0.3) is 0 Å². The molecule has 4 nitrogen and oxygen atoms in total. The highest BCUT2D eigenvalue weighted by molar-refractivity contribution is 7.92. The molecule has 21 heavy (non-hydrogen) atoms. The van der Waals surface area contributed by atoms with E-state index in [1.807, 2.05) is 32.0 Å². The van der Waals surface area contributed by atoms with E-state index in [4.69, 9.17) is 10.5 Å². The van der Waals surface area contributed by atoms with Crippen LogP contribution in [-0.2, 0) is 16.3 Å². The molecule has 1 aromatic carbocycles. The van der Waals surface area contributed by atoms with Gasteiger partial charge in [-0.25, -0.2) is 8.42 Å². The van der Waals surface area contributed by atoms with Crippen molar-refractivity contribution in [3.05, 3.63) is 29.3 Å². The van der Waals surface area contributed by atoms with E-state index in [-0.39, 0.29) is 11.7 Å². The Kier molecular flexibility index (Phi) is 4.94. The highest BCUT2D eigenvalue weighted by Crippen LogP contribution is 2.35. The number of nitrogens with two attached hydrogens (primary N) is 1. The molecular weight excluding hydrogens is 286 g/mol. The fourth-order valence-corrected chi connectivity index (χ4v) is 5.30. The van der Waals surface area contributed by atoms with Crippen molar-refractivity contribution in [2.75, 3.05) is 12.9 Å². The van der Waals surface area contributed by atoms with Crippen LogP contribution in [0.15, 0.2) is 18.2 Å². The molecule has 1 aliphatic rings. The van der Waals surface area contributed by atoms with Crippen LogP contribution in [0.3, 0.4) is 0 Å². The van der Waals surface area contributed by atoms with E-state index in [2.05, 4.69) is 0 Å². The molecular formula is C16H25NO3S. The van der Waals surface area contributed by atoms with Gasteiger partial charge in [0.05, 0.1) is 18.1 Å². The van der Waals surface area contributed by atoms with Crippen molar-refractivity contribution in [1.82, 2.24) is 0 Å². The minimum Gasteiger partial charge on any atom is -0.497 e. The van der Waals surface area contributed by atoms with Crippen molar-refractivity contribution in [3.8, 4) is 5.75 Å². The van der Waals surface area contributed by atoms with Crippen LogP contribution >= 0.6 is 0 Å². The van der Waals surface area contributed by atoms with Gasteiger partial charge in [0.15, 0.2) is 9.84 Å². The minimum atomic E-state index is -3.17. The first kappa shape index (κ1) is 16.3. The molecule has 0 heterocycles. The molecule has 1 aromatic rings. The molecule has 0 bridgehead atoms. The number of aryl methyl sites for hydroxylation is 1. The second-order valence-corrected chi connectivity index (χ2v) is 8.28. The van der Waals surface area contributed by atoms with E-state index in [0.29, 0.717) is 6.42 Å². The van der Waals surface area contributed by atoms with Gasteiger partial charge in [-0.15, -0.1) is 0 Å². The van der Waals surface area contributed by atoms with E-state index in [9.17, 15) is 8.42 Å². The topological polar surface area (TPSA) is 69.4 Å². The second kappa shape index (κ2) is 6.36. The van der Waals surface area contributed by atoms with Gasteiger partial charge >= 0.3 is 0 Å². The second-order valence-electron chi connectivity index (χ2n) is 6.01. The maximum absolute atomic E-state index is 12.6. The smallest absolute Gasteiger partial charge is 0.155 e. The van der Waals surface area contributed by atoms with Crippen LogP contribution in [0.2, 0.25) is 0 Å². The molecule has 0 aliphatic heterocycles. The minimum absolute atomic E-state index is 0.175. The third-order valence-electron chi connectivity index (χ3n) is 4.49. The first-order chi connectivity index (χ1) is 9.89. The zero-order chi connectivity index (χ0) is 15.6. The standard InChI is InChI=1S/C16H25NO3S/c1-4-11(2)10-21(18,19)15-8-6-12-5-7-13(20-3)9-14(12)16(15)17/h5,7,9,11,15-16H,4,6,8,10,17H2,1-3H3. The summed E-state index contributed by atoms with van der Waals surface area (Å²) in [5, 5.41) is -0.480. The molecule has 118 valence electrons. The lowest BCUT2D eigenvalue weighted by molar-refractivity contribution is 0.412. The van der Waals surface area contributed by atoms with E-state index in [1.165, 1.54) is 0 Å². The first-order valence-corrected chi connectivity index (χ1v) is 9.24. The van der Waals surface area contributed by atoms with Gasteiger partial charge in [0, 0.05) is 6.04 Å². The summed E-state index contributed by atoms with van der Waals surface area (Å²) >= 11 is 0. The summed E-state index contributed by atoms with van der Waals surface area (Å²) in [5.41, 5.74) is 8.34. The molecule has 2 rings (SSSR count). The summed E-state index contributed by atoms with van der Waals surface area (Å²) in [6.45, 7) is 3.99. The lowest BCUT2D eigenvalue weighted by atomic mass is 9.87. The number of ether oxygens (including phenoxy) is 1. The maximum atomic E-state index is 12.6. The Labute approximate surface area is 127 Å². The van der Waals surface area contributed by atoms with Gasteiger partial charge in [0.1, 0.15) is 5.75 Å². The number of methoxy groups -OCH3 is 1. The molecule has 0 radical (unpaired) electrons. The normalized spacial score (nSPS) is 23.4. The molecule has 0 fully saturated rings. The zero-order valence-corrected chi connectivity index (χ0v) is 13.8. The average molecular weight is 311 g/mol. The predicted molar refractivity (Wildman–Crippen MR) is 85.3 cm³/mol. The van der Waals surface area contributed by atoms with Gasteiger partial charge in [-0.2, -0.15) is 0 Å². The number of hydrogen-bond donors (Lipinski definition) is 1. The van der Waals surface area contributed by atoms with Crippen LogP contribution in [0.5, 0.6) is 5.75 Å². The van der Waals surface area contributed by atoms with Crippen LogP contribution in [0, 0.1) is 5.92 Å². The zero-order valence-electron chi connectivity index (χ0n) is 13.0. The van der Waals surface area contributed by atoms with Gasteiger partial charge < -0.3 is 10.5 Å². The third kappa shape index (κ3) is 3.40. The van der Waals surface area contributed by atoms with Crippen LogP contribution in [0.4, 0.5) is 0 Å². The van der Waals surface area contributed by atoms with Gasteiger partial charge in [-0.05, 0) is 42.0 Å². The van der Waals surface area contributed by atoms with Crippen LogP contribution in [-0.4, -0.2) is 26.5 Å². The summed E-state index contributed by atoms with van der Waals surface area (Å²) in [6.07, 6.45) is 2.24. The van der Waals surface area contributed by atoms with Crippen molar-refractivity contribution >= 4 is 9.84 Å². The quantitative estimate of drug-likeness (QED) is 0.907. The van der Waals surface area contributed by atoms with Gasteiger partial charge in [-0.1, -0.05) is 26.3 Å². The fraction of sp³-hybridized carbons (Fsp3) is 0.625. The van der Waals surface area contributed by atoms with Crippen molar-refractivity contribution < 1.29 is 13.2 Å². The molecule has 0 amide bonds. The van der Waals surface area contributed by atoms with Gasteiger partial charge in [0.2, 0.25) is 0 Å². The summed E-state index contributed by atoms with van der Waals surface area (Å²) in [7, 11) is -1.57. The molecule has 0 spiro atoms. The highest BCUT2D eigenvalue weighted by Gasteiger charge is 2.36. The molecule has 3 unspecified atom stereocenters. The number of fused-ring (bicyclic) bond motifs is 1. The monoisotopic (exact) mass is 311 g/mol. The van der Waals surface area contributed by atoms with Crippen molar-refractivity contribution in [2.24, 2.45) is 11.7 Å². The van der Waals surface area contributed by atoms with Crippen LogP contribution < -0.4 is 10.5 Å². The van der Waals surface area contributed by atoms with Crippen molar-refractivity contribution in [1.29, 1.82) is 0 Å². The Morgan fingerprint density at radius 2 is 2.14 bits per heavy atom.